The molecule has 0 aliphatic carbocycles. The molecule has 1 aromatic carbocycles. The minimum absolute atomic E-state index is 0.764. The fourth-order valence-corrected chi connectivity index (χ4v) is 1.52. The molecule has 3 nitrogen and oxygen atoms in total. The molecule has 0 aromatic heterocycles. The summed E-state index contributed by atoms with van der Waals surface area (Å²) < 4.78 is 10.7. The van der Waals surface area contributed by atoms with Gasteiger partial charge in [0, 0.05) is 20.2 Å². The summed E-state index contributed by atoms with van der Waals surface area (Å²) in [5.41, 5.74) is 1.26. The molecule has 0 saturated carbocycles. The van der Waals surface area contributed by atoms with Gasteiger partial charge in [-0.1, -0.05) is 17.7 Å². The minimum Gasteiger partial charge on any atom is -0.494 e. The first-order valence-corrected chi connectivity index (χ1v) is 6.09. The molecule has 96 valence electrons. The van der Waals surface area contributed by atoms with Crippen LogP contribution in [0, 0.1) is 6.92 Å². The van der Waals surface area contributed by atoms with Gasteiger partial charge in [0.05, 0.1) is 13.2 Å². The van der Waals surface area contributed by atoms with Crippen molar-refractivity contribution < 1.29 is 9.47 Å². The van der Waals surface area contributed by atoms with Crippen LogP contribution in [-0.2, 0) is 4.74 Å². The number of ether oxygens (including phenoxy) is 2. The summed E-state index contributed by atoms with van der Waals surface area (Å²) >= 11 is 0. The summed E-state index contributed by atoms with van der Waals surface area (Å²) in [6.45, 7) is 5.64. The maximum absolute atomic E-state index is 5.66. The predicted molar refractivity (Wildman–Crippen MR) is 70.7 cm³/mol. The molecule has 0 saturated heterocycles. The lowest BCUT2D eigenvalue weighted by Gasteiger charge is -2.15. The number of aryl methyl sites for hydroxylation is 1. The van der Waals surface area contributed by atoms with Gasteiger partial charge >= 0.3 is 0 Å². The fraction of sp³-hybridized carbons (Fsp3) is 0.571. The molecule has 0 heterocycles. The Hall–Kier alpha value is -1.06. The first-order chi connectivity index (χ1) is 8.22. The summed E-state index contributed by atoms with van der Waals surface area (Å²) in [5, 5.41) is 0. The molecule has 0 atom stereocenters. The molecule has 3 heteroatoms. The van der Waals surface area contributed by atoms with E-state index in [0.717, 1.165) is 38.5 Å². The van der Waals surface area contributed by atoms with Crippen LogP contribution in [0.25, 0.3) is 0 Å². The number of nitrogens with zero attached hydrogens (tertiary/aromatic N) is 1. The molecule has 0 aliphatic rings. The van der Waals surface area contributed by atoms with Gasteiger partial charge in [-0.2, -0.15) is 0 Å². The standard InChI is InChI=1S/C14H23NO2/c1-13-5-7-14(8-6-13)17-11-4-9-15(2)10-12-16-3/h5-8H,4,9-12H2,1-3H3. The first-order valence-electron chi connectivity index (χ1n) is 6.09. The highest BCUT2D eigenvalue weighted by Crippen LogP contribution is 2.11. The SMILES string of the molecule is COCCN(C)CCCOc1ccc(C)cc1. The zero-order valence-corrected chi connectivity index (χ0v) is 11.1. The second-order valence-corrected chi connectivity index (χ2v) is 4.31. The summed E-state index contributed by atoms with van der Waals surface area (Å²) in [4.78, 5) is 2.25. The first kappa shape index (κ1) is 14.0. The van der Waals surface area contributed by atoms with Crippen molar-refractivity contribution in [2.75, 3.05) is 40.5 Å². The predicted octanol–water partition coefficient (Wildman–Crippen LogP) is 2.34. The second kappa shape index (κ2) is 8.09. The van der Waals surface area contributed by atoms with E-state index < -0.39 is 0 Å². The van der Waals surface area contributed by atoms with E-state index in [2.05, 4.69) is 31.0 Å². The average molecular weight is 237 g/mol. The van der Waals surface area contributed by atoms with Gasteiger partial charge < -0.3 is 14.4 Å². The van der Waals surface area contributed by atoms with Crippen molar-refractivity contribution in [1.29, 1.82) is 0 Å². The second-order valence-electron chi connectivity index (χ2n) is 4.31. The Kier molecular flexibility index (Phi) is 6.67. The normalized spacial score (nSPS) is 10.8. The summed E-state index contributed by atoms with van der Waals surface area (Å²) in [6, 6.07) is 8.17. The Bertz CT molecular complexity index is 298. The van der Waals surface area contributed by atoms with E-state index in [1.54, 1.807) is 7.11 Å². The molecule has 0 aliphatic heterocycles. The summed E-state index contributed by atoms with van der Waals surface area (Å²) in [5.74, 6) is 0.954. The van der Waals surface area contributed by atoms with E-state index in [0.29, 0.717) is 0 Å². The summed E-state index contributed by atoms with van der Waals surface area (Å²) in [6.07, 6.45) is 1.04. The Balaban J connectivity index is 2.09. The zero-order chi connectivity index (χ0) is 12.5. The smallest absolute Gasteiger partial charge is 0.119 e. The van der Waals surface area contributed by atoms with Gasteiger partial charge in [0.2, 0.25) is 0 Å². The van der Waals surface area contributed by atoms with Gasteiger partial charge in [-0.3, -0.25) is 0 Å². The minimum atomic E-state index is 0.764. The van der Waals surface area contributed by atoms with Crippen molar-refractivity contribution in [2.45, 2.75) is 13.3 Å². The molecule has 1 aromatic rings. The monoisotopic (exact) mass is 237 g/mol. The van der Waals surface area contributed by atoms with Gasteiger partial charge in [0.1, 0.15) is 5.75 Å². The third-order valence-electron chi connectivity index (χ3n) is 2.65. The molecule has 0 bridgehead atoms. The van der Waals surface area contributed by atoms with Crippen molar-refractivity contribution in [3.8, 4) is 5.75 Å². The number of likely N-dealkylation sites (N-methyl/N-ethyl adjacent to an activating group) is 1. The Morgan fingerprint density at radius 1 is 1.06 bits per heavy atom. The van der Waals surface area contributed by atoms with Crippen LogP contribution in [0.15, 0.2) is 24.3 Å². The average Bonchev–Trinajstić information content (AvgIpc) is 2.34. The fourth-order valence-electron chi connectivity index (χ4n) is 1.52. The Labute approximate surface area is 104 Å². The van der Waals surface area contributed by atoms with Crippen LogP contribution in [-0.4, -0.2) is 45.4 Å². The van der Waals surface area contributed by atoms with Gasteiger partial charge in [-0.25, -0.2) is 0 Å². The third kappa shape index (κ3) is 6.29. The Morgan fingerprint density at radius 2 is 1.76 bits per heavy atom. The van der Waals surface area contributed by atoms with Crippen molar-refractivity contribution in [3.05, 3.63) is 29.8 Å². The molecule has 1 rings (SSSR count). The van der Waals surface area contributed by atoms with Crippen LogP contribution >= 0.6 is 0 Å². The molecule has 0 amide bonds. The van der Waals surface area contributed by atoms with E-state index in [1.807, 2.05) is 12.1 Å². The molecule has 0 spiro atoms. The van der Waals surface area contributed by atoms with Crippen molar-refractivity contribution in [1.82, 2.24) is 4.90 Å². The number of methoxy groups -OCH3 is 1. The van der Waals surface area contributed by atoms with Crippen molar-refractivity contribution >= 4 is 0 Å². The maximum Gasteiger partial charge on any atom is 0.119 e. The van der Waals surface area contributed by atoms with Crippen molar-refractivity contribution in [3.63, 3.8) is 0 Å². The molecular formula is C14H23NO2. The molecule has 0 radical (unpaired) electrons. The lowest BCUT2D eigenvalue weighted by Crippen LogP contribution is -2.25. The van der Waals surface area contributed by atoms with Crippen LogP contribution in [0.2, 0.25) is 0 Å². The topological polar surface area (TPSA) is 21.7 Å². The van der Waals surface area contributed by atoms with E-state index >= 15 is 0 Å². The van der Waals surface area contributed by atoms with Crippen LogP contribution < -0.4 is 4.74 Å². The van der Waals surface area contributed by atoms with Crippen LogP contribution in [0.5, 0.6) is 5.75 Å². The number of hydrogen-bond donors (Lipinski definition) is 0. The van der Waals surface area contributed by atoms with Gasteiger partial charge in [0.25, 0.3) is 0 Å². The number of hydrogen-bond acceptors (Lipinski definition) is 3. The van der Waals surface area contributed by atoms with Gasteiger partial charge in [0.15, 0.2) is 0 Å². The number of rotatable bonds is 8. The third-order valence-corrected chi connectivity index (χ3v) is 2.65. The molecule has 0 unspecified atom stereocenters. The quantitative estimate of drug-likeness (QED) is 0.648. The highest BCUT2D eigenvalue weighted by molar-refractivity contribution is 5.26. The van der Waals surface area contributed by atoms with E-state index in [1.165, 1.54) is 5.56 Å². The van der Waals surface area contributed by atoms with Crippen molar-refractivity contribution in [2.24, 2.45) is 0 Å². The highest BCUT2D eigenvalue weighted by Gasteiger charge is 1.98. The van der Waals surface area contributed by atoms with Crippen LogP contribution in [0.1, 0.15) is 12.0 Å². The maximum atomic E-state index is 5.66. The van der Waals surface area contributed by atoms with E-state index in [4.69, 9.17) is 9.47 Å². The molecule has 0 N–H and O–H groups in total. The largest absolute Gasteiger partial charge is 0.494 e. The lowest BCUT2D eigenvalue weighted by atomic mass is 10.2. The van der Waals surface area contributed by atoms with E-state index in [-0.39, 0.29) is 0 Å². The highest BCUT2D eigenvalue weighted by atomic mass is 16.5. The zero-order valence-electron chi connectivity index (χ0n) is 11.1. The summed E-state index contributed by atoms with van der Waals surface area (Å²) in [7, 11) is 3.83. The number of benzene rings is 1. The van der Waals surface area contributed by atoms with E-state index in [9.17, 15) is 0 Å². The Morgan fingerprint density at radius 3 is 2.41 bits per heavy atom. The molecule has 0 fully saturated rings. The van der Waals surface area contributed by atoms with Gasteiger partial charge in [-0.05, 0) is 32.5 Å². The van der Waals surface area contributed by atoms with Crippen LogP contribution in [0.3, 0.4) is 0 Å². The molecule has 17 heavy (non-hydrogen) atoms. The van der Waals surface area contributed by atoms with Crippen LogP contribution in [0.4, 0.5) is 0 Å². The molecular weight excluding hydrogens is 214 g/mol. The lowest BCUT2D eigenvalue weighted by molar-refractivity contribution is 0.157. The van der Waals surface area contributed by atoms with Gasteiger partial charge in [-0.15, -0.1) is 0 Å².